The number of hydrogen-bond acceptors (Lipinski definition) is 2. The summed E-state index contributed by atoms with van der Waals surface area (Å²) in [6.45, 7) is 0.401. The van der Waals surface area contributed by atoms with Gasteiger partial charge in [-0.3, -0.25) is 0 Å². The number of hydrogen-bond donors (Lipinski definition) is 0. The van der Waals surface area contributed by atoms with Gasteiger partial charge in [0.05, 0.1) is 6.61 Å². The molecule has 0 spiro atoms. The van der Waals surface area contributed by atoms with E-state index in [0.29, 0.717) is 12.5 Å². The van der Waals surface area contributed by atoms with E-state index < -0.39 is 6.09 Å². The fourth-order valence-corrected chi connectivity index (χ4v) is 0.539. The van der Waals surface area contributed by atoms with Gasteiger partial charge in [0.15, 0.2) is 0 Å². The first-order valence-electron chi connectivity index (χ1n) is 3.05. The number of carbonyl (C=O) groups is 1. The third-order valence-electron chi connectivity index (χ3n) is 1.27. The Labute approximate surface area is 57.6 Å². The molecule has 10 heavy (non-hydrogen) atoms. The lowest BCUT2D eigenvalue weighted by atomic mass is 10.5. The molecule has 0 aromatic carbocycles. The molecule has 1 rings (SSSR count). The van der Waals surface area contributed by atoms with E-state index in [1.165, 1.54) is 0 Å². The van der Waals surface area contributed by atoms with E-state index in [1.54, 1.807) is 0 Å². The van der Waals surface area contributed by atoms with Crippen LogP contribution in [0.3, 0.4) is 0 Å². The third kappa shape index (κ3) is 2.37. The van der Waals surface area contributed by atoms with Crippen LogP contribution in [0.2, 0.25) is 0 Å². The smallest absolute Gasteiger partial charge is 0.396 e. The fraction of sp³-hybridized carbons (Fsp3) is 0.800. The summed E-state index contributed by atoms with van der Waals surface area (Å²) in [7, 11) is 0. The van der Waals surface area contributed by atoms with Crippen molar-refractivity contribution in [3.63, 3.8) is 0 Å². The number of rotatable bonds is 2. The van der Waals surface area contributed by atoms with Crippen molar-refractivity contribution < 1.29 is 9.53 Å². The first kappa shape index (κ1) is 6.89. The van der Waals surface area contributed by atoms with Crippen molar-refractivity contribution in [2.24, 2.45) is 11.0 Å². The van der Waals surface area contributed by atoms with Gasteiger partial charge in [0, 0.05) is 10.0 Å². The number of amides is 1. The summed E-state index contributed by atoms with van der Waals surface area (Å²) >= 11 is 0. The van der Waals surface area contributed by atoms with Crippen LogP contribution in [0.5, 0.6) is 0 Å². The lowest BCUT2D eigenvalue weighted by Gasteiger charge is -1.95. The zero-order valence-electron chi connectivity index (χ0n) is 5.36. The maximum atomic E-state index is 10.3. The van der Waals surface area contributed by atoms with Gasteiger partial charge < -0.3 is 4.74 Å². The zero-order valence-corrected chi connectivity index (χ0v) is 5.36. The molecule has 0 heterocycles. The minimum atomic E-state index is -0.825. The topological polar surface area (TPSA) is 75.1 Å². The van der Waals surface area contributed by atoms with Crippen molar-refractivity contribution in [2.45, 2.75) is 12.8 Å². The van der Waals surface area contributed by atoms with Crippen LogP contribution in [-0.2, 0) is 4.74 Å². The van der Waals surface area contributed by atoms with Crippen molar-refractivity contribution in [3.05, 3.63) is 10.4 Å². The first-order valence-corrected chi connectivity index (χ1v) is 3.05. The number of nitrogens with zero attached hydrogens (tertiary/aromatic N) is 3. The van der Waals surface area contributed by atoms with Crippen LogP contribution in [0.1, 0.15) is 12.8 Å². The highest BCUT2D eigenvalue weighted by atomic mass is 16.5. The Morgan fingerprint density at radius 2 is 2.50 bits per heavy atom. The van der Waals surface area contributed by atoms with Gasteiger partial charge in [-0.25, -0.2) is 4.79 Å². The molecule has 1 amide bonds. The van der Waals surface area contributed by atoms with Crippen molar-refractivity contribution >= 4 is 6.09 Å². The Hall–Kier alpha value is -1.22. The summed E-state index contributed by atoms with van der Waals surface area (Å²) in [4.78, 5) is 12.6. The number of ether oxygens (including phenoxy) is 1. The molecule has 0 saturated heterocycles. The Kier molecular flexibility index (Phi) is 2.12. The number of carbonyl (C=O) groups excluding carboxylic acids is 1. The lowest BCUT2D eigenvalue weighted by Crippen LogP contribution is -2.00. The van der Waals surface area contributed by atoms with Crippen LogP contribution >= 0.6 is 0 Å². The van der Waals surface area contributed by atoms with E-state index in [4.69, 9.17) is 5.53 Å². The van der Waals surface area contributed by atoms with Gasteiger partial charge in [-0.15, -0.1) is 0 Å². The Balaban J connectivity index is 2.10. The summed E-state index contributed by atoms with van der Waals surface area (Å²) in [6, 6.07) is 0. The van der Waals surface area contributed by atoms with Crippen molar-refractivity contribution in [1.82, 2.24) is 0 Å². The summed E-state index contributed by atoms with van der Waals surface area (Å²) in [5, 5.41) is 2.74. The molecule has 0 aliphatic heterocycles. The van der Waals surface area contributed by atoms with E-state index in [1.807, 2.05) is 0 Å². The maximum Gasteiger partial charge on any atom is 0.396 e. The van der Waals surface area contributed by atoms with Crippen LogP contribution in [0, 0.1) is 5.92 Å². The second-order valence-electron chi connectivity index (χ2n) is 2.21. The highest BCUT2D eigenvalue weighted by Crippen LogP contribution is 2.28. The molecule has 1 aliphatic carbocycles. The molecular weight excluding hydrogens is 134 g/mol. The molecule has 0 N–H and O–H groups in total. The molecule has 0 aromatic rings. The quantitative estimate of drug-likeness (QED) is 0.334. The summed E-state index contributed by atoms with van der Waals surface area (Å²) in [5.41, 5.74) is 7.78. The maximum absolute atomic E-state index is 10.3. The molecule has 0 radical (unpaired) electrons. The molecule has 1 aliphatic rings. The molecule has 1 saturated carbocycles. The van der Waals surface area contributed by atoms with E-state index in [0.717, 1.165) is 12.8 Å². The molecule has 0 atom stereocenters. The van der Waals surface area contributed by atoms with Gasteiger partial charge in [-0.1, -0.05) is 0 Å². The molecule has 54 valence electrons. The van der Waals surface area contributed by atoms with Crippen molar-refractivity contribution in [1.29, 1.82) is 0 Å². The number of azide groups is 1. The Bertz CT molecular complexity index is 181. The monoisotopic (exact) mass is 141 g/mol. The van der Waals surface area contributed by atoms with E-state index in [9.17, 15) is 4.79 Å². The fourth-order valence-electron chi connectivity index (χ4n) is 0.539. The van der Waals surface area contributed by atoms with E-state index in [-0.39, 0.29) is 0 Å². The molecule has 5 nitrogen and oxygen atoms in total. The average molecular weight is 141 g/mol. The van der Waals surface area contributed by atoms with E-state index in [2.05, 4.69) is 14.8 Å². The van der Waals surface area contributed by atoms with Gasteiger partial charge in [0.25, 0.3) is 0 Å². The summed E-state index contributed by atoms with van der Waals surface area (Å²) in [6.07, 6.45) is 1.40. The minimum Gasteiger partial charge on any atom is -0.461 e. The summed E-state index contributed by atoms with van der Waals surface area (Å²) < 4.78 is 4.55. The Morgan fingerprint density at radius 1 is 1.80 bits per heavy atom. The van der Waals surface area contributed by atoms with Gasteiger partial charge in [-0.2, -0.15) is 0 Å². The van der Waals surface area contributed by atoms with Gasteiger partial charge in [0.2, 0.25) is 0 Å². The average Bonchev–Trinajstić information content (AvgIpc) is 2.67. The normalized spacial score (nSPS) is 15.6. The zero-order chi connectivity index (χ0) is 7.40. The summed E-state index contributed by atoms with van der Waals surface area (Å²) in [5.74, 6) is 0.512. The van der Waals surface area contributed by atoms with Crippen LogP contribution in [0.15, 0.2) is 5.11 Å². The molecule has 0 unspecified atom stereocenters. The highest BCUT2D eigenvalue weighted by Gasteiger charge is 2.22. The van der Waals surface area contributed by atoms with E-state index >= 15 is 0 Å². The van der Waals surface area contributed by atoms with Crippen LogP contribution in [0.25, 0.3) is 10.4 Å². The predicted octanol–water partition coefficient (Wildman–Crippen LogP) is 1.84. The van der Waals surface area contributed by atoms with Crippen LogP contribution < -0.4 is 0 Å². The predicted molar refractivity (Wildman–Crippen MR) is 33.2 cm³/mol. The molecule has 0 aromatic heterocycles. The lowest BCUT2D eigenvalue weighted by molar-refractivity contribution is 0.151. The standard InChI is InChI=1S/C5H7N3O2/c6-8-7-5(9)10-3-4-1-2-4/h4H,1-3H2. The molecule has 0 bridgehead atoms. The minimum absolute atomic E-state index is 0.401. The SMILES string of the molecule is [N-]=[N+]=NC(=O)OCC1CC1. The molecular formula is C5H7N3O2. The van der Waals surface area contributed by atoms with Crippen LogP contribution in [0.4, 0.5) is 4.79 Å². The highest BCUT2D eigenvalue weighted by molar-refractivity contribution is 5.67. The third-order valence-corrected chi connectivity index (χ3v) is 1.27. The van der Waals surface area contributed by atoms with Crippen molar-refractivity contribution in [2.75, 3.05) is 6.61 Å². The molecule has 1 fully saturated rings. The molecule has 5 heteroatoms. The van der Waals surface area contributed by atoms with Gasteiger partial charge >= 0.3 is 6.09 Å². The second kappa shape index (κ2) is 3.08. The van der Waals surface area contributed by atoms with Crippen LogP contribution in [-0.4, -0.2) is 12.7 Å². The Morgan fingerprint density at radius 3 is 3.00 bits per heavy atom. The van der Waals surface area contributed by atoms with Gasteiger partial charge in [0.1, 0.15) is 0 Å². The first-order chi connectivity index (χ1) is 4.83. The largest absolute Gasteiger partial charge is 0.461 e. The van der Waals surface area contributed by atoms with Crippen molar-refractivity contribution in [3.8, 4) is 0 Å². The second-order valence-corrected chi connectivity index (χ2v) is 2.21. The van der Waals surface area contributed by atoms with Gasteiger partial charge in [-0.05, 0) is 24.3 Å².